The highest BCUT2D eigenvalue weighted by molar-refractivity contribution is 7.99. The van der Waals surface area contributed by atoms with Crippen LogP contribution in [0.25, 0.3) is 11.6 Å². The standard InChI is InChI=1S/C12H12N4O3S/c1-2-18-10(17)6-8-7-20-12-14-13-11(16(12)15-8)9-4-3-5-19-9/h3-5H,2,6-7H2,1H3. The number of fused-ring (bicyclic) bond motifs is 1. The van der Waals surface area contributed by atoms with E-state index in [1.54, 1.807) is 30.0 Å². The number of hydrogen-bond donors (Lipinski definition) is 0. The molecule has 0 bridgehead atoms. The van der Waals surface area contributed by atoms with Gasteiger partial charge in [0.1, 0.15) is 0 Å². The fourth-order valence-corrected chi connectivity index (χ4v) is 2.59. The molecule has 0 amide bonds. The molecule has 3 heterocycles. The number of hydrogen-bond acceptors (Lipinski definition) is 7. The number of ether oxygens (including phenoxy) is 1. The van der Waals surface area contributed by atoms with Crippen molar-refractivity contribution in [2.24, 2.45) is 5.10 Å². The van der Waals surface area contributed by atoms with E-state index in [0.717, 1.165) is 5.71 Å². The lowest BCUT2D eigenvalue weighted by molar-refractivity contribution is -0.141. The first-order valence-electron chi connectivity index (χ1n) is 6.12. The van der Waals surface area contributed by atoms with Gasteiger partial charge in [-0.1, -0.05) is 11.8 Å². The first-order valence-corrected chi connectivity index (χ1v) is 7.11. The lowest BCUT2D eigenvalue weighted by Gasteiger charge is -2.12. The van der Waals surface area contributed by atoms with Crippen LogP contribution in [0.5, 0.6) is 0 Å². The van der Waals surface area contributed by atoms with Gasteiger partial charge in [0.2, 0.25) is 11.0 Å². The highest BCUT2D eigenvalue weighted by Crippen LogP contribution is 2.27. The van der Waals surface area contributed by atoms with Crippen molar-refractivity contribution in [3.05, 3.63) is 18.4 Å². The lowest BCUT2D eigenvalue weighted by Crippen LogP contribution is -2.18. The summed E-state index contributed by atoms with van der Waals surface area (Å²) in [7, 11) is 0. The second kappa shape index (κ2) is 5.49. The van der Waals surface area contributed by atoms with Crippen LogP contribution in [0.3, 0.4) is 0 Å². The zero-order valence-corrected chi connectivity index (χ0v) is 11.6. The van der Waals surface area contributed by atoms with E-state index < -0.39 is 0 Å². The average molecular weight is 292 g/mol. The van der Waals surface area contributed by atoms with Crippen molar-refractivity contribution in [2.45, 2.75) is 18.5 Å². The van der Waals surface area contributed by atoms with Crippen molar-refractivity contribution < 1.29 is 13.9 Å². The van der Waals surface area contributed by atoms with Gasteiger partial charge in [0.15, 0.2) is 5.76 Å². The van der Waals surface area contributed by atoms with Gasteiger partial charge in [-0.15, -0.1) is 10.2 Å². The van der Waals surface area contributed by atoms with Crippen LogP contribution in [-0.4, -0.2) is 38.9 Å². The normalized spacial score (nSPS) is 13.8. The Labute approximate surface area is 119 Å². The molecule has 1 aliphatic rings. The highest BCUT2D eigenvalue weighted by Gasteiger charge is 2.22. The molecule has 2 aromatic rings. The summed E-state index contributed by atoms with van der Waals surface area (Å²) in [5.74, 6) is 1.45. The van der Waals surface area contributed by atoms with Crippen molar-refractivity contribution in [3.8, 4) is 11.6 Å². The molecule has 104 valence electrons. The van der Waals surface area contributed by atoms with Gasteiger partial charge in [-0.2, -0.15) is 9.78 Å². The number of aromatic nitrogens is 3. The Balaban J connectivity index is 1.87. The summed E-state index contributed by atoms with van der Waals surface area (Å²) in [6.45, 7) is 2.15. The summed E-state index contributed by atoms with van der Waals surface area (Å²) < 4.78 is 11.8. The lowest BCUT2D eigenvalue weighted by atomic mass is 10.3. The number of furan rings is 1. The summed E-state index contributed by atoms with van der Waals surface area (Å²) >= 11 is 1.48. The molecule has 20 heavy (non-hydrogen) atoms. The quantitative estimate of drug-likeness (QED) is 0.799. The van der Waals surface area contributed by atoms with Crippen LogP contribution < -0.4 is 0 Å². The van der Waals surface area contributed by atoms with Crippen LogP contribution in [0.1, 0.15) is 13.3 Å². The Morgan fingerprint density at radius 3 is 3.20 bits per heavy atom. The maximum atomic E-state index is 11.5. The maximum absolute atomic E-state index is 11.5. The van der Waals surface area contributed by atoms with E-state index >= 15 is 0 Å². The van der Waals surface area contributed by atoms with Crippen LogP contribution in [0.4, 0.5) is 0 Å². The molecular formula is C12H12N4O3S. The number of esters is 1. The Morgan fingerprint density at radius 2 is 2.45 bits per heavy atom. The van der Waals surface area contributed by atoms with Crippen LogP contribution in [0.15, 0.2) is 33.1 Å². The predicted octanol–water partition coefficient (Wildman–Crippen LogP) is 1.80. The van der Waals surface area contributed by atoms with Crippen molar-refractivity contribution in [2.75, 3.05) is 12.4 Å². The van der Waals surface area contributed by atoms with Gasteiger partial charge in [-0.25, -0.2) is 0 Å². The SMILES string of the molecule is CCOC(=O)CC1=Nn2c(nnc2-c2ccco2)SC1. The van der Waals surface area contributed by atoms with Crippen molar-refractivity contribution in [1.82, 2.24) is 14.9 Å². The molecule has 0 unspecified atom stereocenters. The number of carbonyl (C=O) groups is 1. The Hall–Kier alpha value is -2.09. The smallest absolute Gasteiger partial charge is 0.311 e. The fourth-order valence-electron chi connectivity index (χ4n) is 1.79. The third-order valence-corrected chi connectivity index (χ3v) is 3.61. The minimum Gasteiger partial charge on any atom is -0.466 e. The summed E-state index contributed by atoms with van der Waals surface area (Å²) in [5, 5.41) is 13.2. The van der Waals surface area contributed by atoms with E-state index in [4.69, 9.17) is 9.15 Å². The summed E-state index contributed by atoms with van der Waals surface area (Å²) in [5.41, 5.74) is 0.730. The predicted molar refractivity (Wildman–Crippen MR) is 72.5 cm³/mol. The van der Waals surface area contributed by atoms with E-state index in [1.165, 1.54) is 11.8 Å². The largest absolute Gasteiger partial charge is 0.466 e. The van der Waals surface area contributed by atoms with Crippen LogP contribution in [0, 0.1) is 0 Å². The monoisotopic (exact) mass is 292 g/mol. The Kier molecular flexibility index (Phi) is 3.55. The van der Waals surface area contributed by atoms with Crippen molar-refractivity contribution >= 4 is 23.4 Å². The van der Waals surface area contributed by atoms with Gasteiger partial charge >= 0.3 is 5.97 Å². The van der Waals surface area contributed by atoms with E-state index in [0.29, 0.717) is 29.1 Å². The van der Waals surface area contributed by atoms with E-state index in [2.05, 4.69) is 15.3 Å². The van der Waals surface area contributed by atoms with Gasteiger partial charge in [-0.05, 0) is 19.1 Å². The fraction of sp³-hybridized carbons (Fsp3) is 0.333. The minimum atomic E-state index is -0.275. The van der Waals surface area contributed by atoms with Crippen molar-refractivity contribution in [3.63, 3.8) is 0 Å². The average Bonchev–Trinajstić information content (AvgIpc) is 3.06. The number of carbonyl (C=O) groups excluding carboxylic acids is 1. The number of thioether (sulfide) groups is 1. The van der Waals surface area contributed by atoms with Gasteiger partial charge in [0.25, 0.3) is 0 Å². The zero-order valence-electron chi connectivity index (χ0n) is 10.8. The molecular weight excluding hydrogens is 280 g/mol. The summed E-state index contributed by atoms with van der Waals surface area (Å²) in [6, 6.07) is 3.56. The van der Waals surface area contributed by atoms with E-state index in [-0.39, 0.29) is 12.4 Å². The molecule has 8 heteroatoms. The Bertz CT molecular complexity index is 648. The molecule has 2 aromatic heterocycles. The molecule has 1 aliphatic heterocycles. The van der Waals surface area contributed by atoms with Gasteiger partial charge in [0, 0.05) is 5.75 Å². The van der Waals surface area contributed by atoms with Crippen LogP contribution in [0.2, 0.25) is 0 Å². The second-order valence-electron chi connectivity index (χ2n) is 4.03. The van der Waals surface area contributed by atoms with Gasteiger partial charge in [0.05, 0.1) is 25.0 Å². The molecule has 0 saturated carbocycles. The van der Waals surface area contributed by atoms with Gasteiger partial charge < -0.3 is 9.15 Å². The third kappa shape index (κ3) is 2.46. The first kappa shape index (κ1) is 12.9. The zero-order chi connectivity index (χ0) is 13.9. The molecule has 3 rings (SSSR count). The third-order valence-electron chi connectivity index (χ3n) is 2.62. The minimum absolute atomic E-state index is 0.177. The molecule has 0 fully saturated rings. The number of nitrogens with zero attached hydrogens (tertiary/aromatic N) is 4. The summed E-state index contributed by atoms with van der Waals surface area (Å²) in [4.78, 5) is 11.5. The topological polar surface area (TPSA) is 82.5 Å². The molecule has 0 atom stereocenters. The highest BCUT2D eigenvalue weighted by atomic mass is 32.2. The molecule has 0 aliphatic carbocycles. The molecule has 0 aromatic carbocycles. The molecule has 0 radical (unpaired) electrons. The van der Waals surface area contributed by atoms with Crippen LogP contribution in [-0.2, 0) is 9.53 Å². The molecule has 0 spiro atoms. The first-order chi connectivity index (χ1) is 9.78. The second-order valence-corrected chi connectivity index (χ2v) is 4.97. The van der Waals surface area contributed by atoms with E-state index in [9.17, 15) is 4.79 Å². The number of rotatable bonds is 4. The molecule has 0 N–H and O–H groups in total. The van der Waals surface area contributed by atoms with E-state index in [1.807, 2.05) is 0 Å². The van der Waals surface area contributed by atoms with Crippen molar-refractivity contribution in [1.29, 1.82) is 0 Å². The molecule has 0 saturated heterocycles. The van der Waals surface area contributed by atoms with Crippen LogP contribution >= 0.6 is 11.8 Å². The maximum Gasteiger partial charge on any atom is 0.311 e. The summed E-state index contributed by atoms with van der Waals surface area (Å²) in [6.07, 6.45) is 1.74. The Morgan fingerprint density at radius 1 is 1.55 bits per heavy atom. The molecule has 7 nitrogen and oxygen atoms in total. The van der Waals surface area contributed by atoms with Gasteiger partial charge in [-0.3, -0.25) is 4.79 Å².